The molecule has 3 rings (SSSR count). The molecule has 6 nitrogen and oxygen atoms in total. The second-order valence-corrected chi connectivity index (χ2v) is 7.04. The molecule has 28 heavy (non-hydrogen) atoms. The van der Waals surface area contributed by atoms with Crippen LogP contribution in [-0.2, 0) is 4.74 Å². The summed E-state index contributed by atoms with van der Waals surface area (Å²) in [5, 5.41) is 10.7. The summed E-state index contributed by atoms with van der Waals surface area (Å²) in [5.74, 6) is -0.0348. The number of hydrogen-bond acceptors (Lipinski definition) is 6. The van der Waals surface area contributed by atoms with Crippen molar-refractivity contribution in [1.82, 2.24) is 4.90 Å². The zero-order chi connectivity index (χ0) is 20.1. The zero-order valence-electron chi connectivity index (χ0n) is 16.7. The van der Waals surface area contributed by atoms with E-state index < -0.39 is 12.1 Å². The number of rotatable bonds is 6. The van der Waals surface area contributed by atoms with E-state index in [1.54, 1.807) is 18.2 Å². The molecule has 1 N–H and O–H groups in total. The molecule has 1 aliphatic rings. The minimum Gasteiger partial charge on any atom is -0.496 e. The molecule has 1 heterocycles. The van der Waals surface area contributed by atoms with Gasteiger partial charge < -0.3 is 19.5 Å². The number of aliphatic hydroxyl groups is 1. The standard InChI is InChI=1S/C22H28N2O4/c1-16-6-4-5-7-19(16)24-12-10-23(11-13-24)15-20(25)17-8-9-21(27-2)18(14-17)22(26)28-3/h4-9,14,20,25H,10-13,15H2,1-3H3. The largest absolute Gasteiger partial charge is 0.496 e. The van der Waals surface area contributed by atoms with Gasteiger partial charge in [0.05, 0.1) is 20.3 Å². The Balaban J connectivity index is 1.62. The Morgan fingerprint density at radius 3 is 2.46 bits per heavy atom. The molecule has 1 saturated heterocycles. The van der Waals surface area contributed by atoms with Crippen LogP contribution in [0.1, 0.15) is 27.6 Å². The fourth-order valence-electron chi connectivity index (χ4n) is 3.64. The number of carbonyl (C=O) groups is 1. The Hall–Kier alpha value is -2.57. The Kier molecular flexibility index (Phi) is 6.54. The maximum absolute atomic E-state index is 12.0. The normalized spacial score (nSPS) is 15.9. The van der Waals surface area contributed by atoms with E-state index in [2.05, 4.69) is 41.0 Å². The van der Waals surface area contributed by atoms with Crippen molar-refractivity contribution in [2.75, 3.05) is 51.8 Å². The van der Waals surface area contributed by atoms with Crippen molar-refractivity contribution in [3.63, 3.8) is 0 Å². The average Bonchev–Trinajstić information content (AvgIpc) is 2.73. The Morgan fingerprint density at radius 1 is 1.11 bits per heavy atom. The van der Waals surface area contributed by atoms with Crippen molar-refractivity contribution in [3.8, 4) is 5.75 Å². The molecule has 6 heteroatoms. The van der Waals surface area contributed by atoms with Crippen molar-refractivity contribution in [2.45, 2.75) is 13.0 Å². The van der Waals surface area contributed by atoms with Crippen LogP contribution in [0.15, 0.2) is 42.5 Å². The topological polar surface area (TPSA) is 62.2 Å². The van der Waals surface area contributed by atoms with Gasteiger partial charge in [-0.1, -0.05) is 24.3 Å². The molecule has 1 unspecified atom stereocenters. The molecule has 2 aromatic carbocycles. The van der Waals surface area contributed by atoms with Gasteiger partial charge in [0.25, 0.3) is 0 Å². The second-order valence-electron chi connectivity index (χ2n) is 7.04. The molecule has 1 atom stereocenters. The summed E-state index contributed by atoms with van der Waals surface area (Å²) in [6.45, 7) is 6.26. The van der Waals surface area contributed by atoms with Gasteiger partial charge in [0, 0.05) is 38.4 Å². The molecular formula is C22H28N2O4. The lowest BCUT2D eigenvalue weighted by Gasteiger charge is -2.37. The SMILES string of the molecule is COC(=O)c1cc(C(O)CN2CCN(c3ccccc3C)CC2)ccc1OC. The molecule has 1 aliphatic heterocycles. The summed E-state index contributed by atoms with van der Waals surface area (Å²) in [6, 6.07) is 13.6. The van der Waals surface area contributed by atoms with Gasteiger partial charge >= 0.3 is 5.97 Å². The fourth-order valence-corrected chi connectivity index (χ4v) is 3.64. The lowest BCUT2D eigenvalue weighted by atomic mass is 10.0. The molecule has 2 aromatic rings. The number of piperazine rings is 1. The maximum Gasteiger partial charge on any atom is 0.341 e. The highest BCUT2D eigenvalue weighted by atomic mass is 16.5. The first-order valence-corrected chi connectivity index (χ1v) is 9.50. The average molecular weight is 384 g/mol. The van der Waals surface area contributed by atoms with Gasteiger partial charge in [-0.05, 0) is 36.2 Å². The number of nitrogens with zero attached hydrogens (tertiary/aromatic N) is 2. The minimum atomic E-state index is -0.681. The number of ether oxygens (including phenoxy) is 2. The van der Waals surface area contributed by atoms with Crippen molar-refractivity contribution in [1.29, 1.82) is 0 Å². The third-order valence-electron chi connectivity index (χ3n) is 5.27. The van der Waals surface area contributed by atoms with Gasteiger partial charge in [-0.15, -0.1) is 0 Å². The van der Waals surface area contributed by atoms with Crippen LogP contribution in [0.25, 0.3) is 0 Å². The maximum atomic E-state index is 12.0. The van der Waals surface area contributed by atoms with E-state index in [1.165, 1.54) is 25.5 Å². The van der Waals surface area contributed by atoms with E-state index in [0.717, 1.165) is 26.2 Å². The van der Waals surface area contributed by atoms with Gasteiger partial charge in [-0.3, -0.25) is 4.90 Å². The van der Waals surface area contributed by atoms with Crippen LogP contribution >= 0.6 is 0 Å². The van der Waals surface area contributed by atoms with Crippen LogP contribution in [0.3, 0.4) is 0 Å². The number of esters is 1. The number of methoxy groups -OCH3 is 2. The summed E-state index contributed by atoms with van der Waals surface area (Å²) >= 11 is 0. The predicted octanol–water partition coefficient (Wildman–Crippen LogP) is 2.65. The van der Waals surface area contributed by atoms with Gasteiger partial charge in [-0.2, -0.15) is 0 Å². The molecule has 0 aromatic heterocycles. The number of β-amino-alcohol motifs (C(OH)–C–C–N with tert-alkyl or cyclic N) is 1. The molecule has 0 bridgehead atoms. The summed E-state index contributed by atoms with van der Waals surface area (Å²) in [4.78, 5) is 16.6. The van der Waals surface area contributed by atoms with Crippen molar-refractivity contribution in [2.24, 2.45) is 0 Å². The Labute approximate surface area is 166 Å². The van der Waals surface area contributed by atoms with Crippen LogP contribution in [0.5, 0.6) is 5.75 Å². The molecule has 0 saturated carbocycles. The van der Waals surface area contributed by atoms with E-state index in [0.29, 0.717) is 23.4 Å². The first kappa shape index (κ1) is 20.2. The zero-order valence-corrected chi connectivity index (χ0v) is 16.7. The molecule has 0 amide bonds. The van der Waals surface area contributed by atoms with Gasteiger partial charge in [0.1, 0.15) is 11.3 Å². The summed E-state index contributed by atoms with van der Waals surface area (Å²) in [7, 11) is 2.84. The van der Waals surface area contributed by atoms with Crippen LogP contribution in [0.2, 0.25) is 0 Å². The lowest BCUT2D eigenvalue weighted by molar-refractivity contribution is 0.0596. The number of anilines is 1. The number of aryl methyl sites for hydroxylation is 1. The molecular weight excluding hydrogens is 356 g/mol. The van der Waals surface area contributed by atoms with Gasteiger partial charge in [0.2, 0.25) is 0 Å². The van der Waals surface area contributed by atoms with E-state index in [4.69, 9.17) is 9.47 Å². The highest BCUT2D eigenvalue weighted by Crippen LogP contribution is 2.26. The number of hydrogen-bond donors (Lipinski definition) is 1. The summed E-state index contributed by atoms with van der Waals surface area (Å²) < 4.78 is 10.0. The van der Waals surface area contributed by atoms with E-state index in [9.17, 15) is 9.90 Å². The third-order valence-corrected chi connectivity index (χ3v) is 5.27. The third kappa shape index (κ3) is 4.46. The smallest absolute Gasteiger partial charge is 0.341 e. The van der Waals surface area contributed by atoms with Crippen LogP contribution < -0.4 is 9.64 Å². The molecule has 0 spiro atoms. The van der Waals surface area contributed by atoms with Crippen molar-refractivity contribution < 1.29 is 19.4 Å². The molecule has 1 fully saturated rings. The first-order chi connectivity index (χ1) is 13.5. The summed E-state index contributed by atoms with van der Waals surface area (Å²) in [6.07, 6.45) is -0.681. The van der Waals surface area contributed by atoms with E-state index in [1.807, 2.05) is 0 Å². The van der Waals surface area contributed by atoms with Crippen molar-refractivity contribution in [3.05, 3.63) is 59.2 Å². The number of benzene rings is 2. The van der Waals surface area contributed by atoms with E-state index >= 15 is 0 Å². The molecule has 0 radical (unpaired) electrons. The highest BCUT2D eigenvalue weighted by molar-refractivity contribution is 5.92. The van der Waals surface area contributed by atoms with Crippen molar-refractivity contribution >= 4 is 11.7 Å². The fraction of sp³-hybridized carbons (Fsp3) is 0.409. The lowest BCUT2D eigenvalue weighted by Crippen LogP contribution is -2.47. The first-order valence-electron chi connectivity index (χ1n) is 9.50. The number of aliphatic hydroxyl groups excluding tert-OH is 1. The van der Waals surface area contributed by atoms with Gasteiger partial charge in [0.15, 0.2) is 0 Å². The summed E-state index contributed by atoms with van der Waals surface area (Å²) in [5.41, 5.74) is 3.57. The Morgan fingerprint density at radius 2 is 1.82 bits per heavy atom. The Bertz CT molecular complexity index is 816. The monoisotopic (exact) mass is 384 g/mol. The predicted molar refractivity (Wildman–Crippen MR) is 109 cm³/mol. The number of carbonyl (C=O) groups excluding carboxylic acids is 1. The highest BCUT2D eigenvalue weighted by Gasteiger charge is 2.22. The van der Waals surface area contributed by atoms with Crippen LogP contribution in [0, 0.1) is 6.92 Å². The number of para-hydroxylation sites is 1. The second kappa shape index (κ2) is 9.08. The molecule has 150 valence electrons. The van der Waals surface area contributed by atoms with Gasteiger partial charge in [-0.25, -0.2) is 4.79 Å². The van der Waals surface area contributed by atoms with E-state index in [-0.39, 0.29) is 0 Å². The van der Waals surface area contributed by atoms with Crippen LogP contribution in [0.4, 0.5) is 5.69 Å². The molecule has 0 aliphatic carbocycles. The quantitative estimate of drug-likeness (QED) is 0.773. The van der Waals surface area contributed by atoms with Crippen LogP contribution in [-0.4, -0.2) is 62.9 Å². The minimum absolute atomic E-state index is 0.325.